The molecule has 2 nitrogen and oxygen atoms in total. The highest BCUT2D eigenvalue weighted by atomic mass is 16.7. The molecule has 1 heterocycles. The minimum absolute atomic E-state index is 0.137. The third kappa shape index (κ3) is 3.14. The van der Waals surface area contributed by atoms with Crippen LogP contribution in [0.1, 0.15) is 114 Å². The lowest BCUT2D eigenvalue weighted by Gasteiger charge is -2.72. The van der Waals surface area contributed by atoms with Gasteiger partial charge in [-0.15, -0.1) is 0 Å². The van der Waals surface area contributed by atoms with Crippen LogP contribution in [0.3, 0.4) is 0 Å². The molecule has 2 heteroatoms. The maximum absolute atomic E-state index is 6.59. The first-order chi connectivity index (χ1) is 16.1. The first-order valence-electron chi connectivity index (χ1n) is 14.8. The molecule has 1 aliphatic heterocycles. The topological polar surface area (TPSA) is 18.5 Å². The van der Waals surface area contributed by atoms with Crippen molar-refractivity contribution in [2.75, 3.05) is 6.61 Å². The second-order valence-electron chi connectivity index (χ2n) is 16.2. The molecule has 0 aromatic heterocycles. The van der Waals surface area contributed by atoms with Gasteiger partial charge in [-0.05, 0) is 110 Å². The smallest absolute Gasteiger partial charge is 0.163 e. The van der Waals surface area contributed by atoms with Crippen LogP contribution in [0, 0.1) is 50.2 Å². The van der Waals surface area contributed by atoms with E-state index >= 15 is 0 Å². The number of allylic oxidation sites excluding steroid dienone is 4. The van der Waals surface area contributed by atoms with Gasteiger partial charge in [-0.2, -0.15) is 0 Å². The minimum Gasteiger partial charge on any atom is -0.350 e. The molecule has 0 spiro atoms. The number of hydrogen-bond acceptors (Lipinski definition) is 2. The Morgan fingerprint density at radius 1 is 0.771 bits per heavy atom. The summed E-state index contributed by atoms with van der Waals surface area (Å²) in [4.78, 5) is 0. The van der Waals surface area contributed by atoms with E-state index in [9.17, 15) is 0 Å². The van der Waals surface area contributed by atoms with Crippen LogP contribution in [-0.4, -0.2) is 18.5 Å². The van der Waals surface area contributed by atoms with Crippen LogP contribution in [-0.2, 0) is 9.47 Å². The third-order valence-electron chi connectivity index (χ3n) is 13.4. The maximum Gasteiger partial charge on any atom is 0.163 e. The van der Waals surface area contributed by atoms with E-state index in [2.05, 4.69) is 80.5 Å². The Morgan fingerprint density at radius 3 is 2.26 bits per heavy atom. The number of rotatable bonds is 0. The molecular formula is C33H52O2. The third-order valence-corrected chi connectivity index (χ3v) is 13.4. The van der Waals surface area contributed by atoms with E-state index in [4.69, 9.17) is 9.47 Å². The highest BCUT2D eigenvalue weighted by molar-refractivity contribution is 5.36. The average Bonchev–Trinajstić information content (AvgIpc) is 2.76. The van der Waals surface area contributed by atoms with Crippen LogP contribution in [0.15, 0.2) is 23.8 Å². The largest absolute Gasteiger partial charge is 0.350 e. The summed E-state index contributed by atoms with van der Waals surface area (Å²) in [6, 6.07) is 0. The van der Waals surface area contributed by atoms with Crippen molar-refractivity contribution in [1.82, 2.24) is 0 Å². The lowest BCUT2D eigenvalue weighted by atomic mass is 9.34. The van der Waals surface area contributed by atoms with Crippen LogP contribution in [0.2, 0.25) is 0 Å². The molecule has 2 unspecified atom stereocenters. The summed E-state index contributed by atoms with van der Waals surface area (Å²) >= 11 is 0. The molecule has 35 heavy (non-hydrogen) atoms. The standard InChI is InChI=1S/C33H52O2/c1-27(2)16-17-29(5)18-19-32(8)22(23(29)20-27)10-11-25-30(6)14-13-26-31(7,21-34-28(3,4)35-26)24(30)12-15-33(25,32)9/h10,16-17,23-26H,11-15,18-21H2,1-9H3/t23-,24?,25-,26?,29-,30+,31+,32-,33-/m1/s1. The molecule has 0 N–H and O–H groups in total. The number of ether oxygens (including phenoxy) is 2. The van der Waals surface area contributed by atoms with Crippen molar-refractivity contribution in [3.63, 3.8) is 0 Å². The van der Waals surface area contributed by atoms with E-state index in [1.165, 1.54) is 51.4 Å². The zero-order valence-electron chi connectivity index (χ0n) is 24.2. The van der Waals surface area contributed by atoms with Gasteiger partial charge in [-0.3, -0.25) is 0 Å². The monoisotopic (exact) mass is 480 g/mol. The second-order valence-corrected chi connectivity index (χ2v) is 16.2. The molecule has 0 aromatic carbocycles. The van der Waals surface area contributed by atoms with Gasteiger partial charge in [-0.1, -0.05) is 72.3 Å². The van der Waals surface area contributed by atoms with Gasteiger partial charge in [0.2, 0.25) is 0 Å². The fourth-order valence-electron chi connectivity index (χ4n) is 11.0. The van der Waals surface area contributed by atoms with Crippen LogP contribution >= 0.6 is 0 Å². The Bertz CT molecular complexity index is 974. The van der Waals surface area contributed by atoms with E-state index in [-0.39, 0.29) is 5.41 Å². The van der Waals surface area contributed by atoms with Crippen molar-refractivity contribution in [3.05, 3.63) is 23.8 Å². The lowest BCUT2D eigenvalue weighted by Crippen LogP contribution is -2.67. The zero-order valence-corrected chi connectivity index (χ0v) is 24.2. The highest BCUT2D eigenvalue weighted by Crippen LogP contribution is 2.75. The molecule has 0 radical (unpaired) electrons. The summed E-state index contributed by atoms with van der Waals surface area (Å²) < 4.78 is 12.9. The van der Waals surface area contributed by atoms with Crippen molar-refractivity contribution in [1.29, 1.82) is 0 Å². The Balaban J connectivity index is 1.39. The minimum atomic E-state index is -0.436. The summed E-state index contributed by atoms with van der Waals surface area (Å²) in [5.74, 6) is 1.72. The summed E-state index contributed by atoms with van der Waals surface area (Å²) in [5, 5.41) is 0. The number of hydrogen-bond donors (Lipinski definition) is 0. The number of fused-ring (bicyclic) bond motifs is 9. The van der Waals surface area contributed by atoms with Gasteiger partial charge in [0.25, 0.3) is 0 Å². The first kappa shape index (κ1) is 24.7. The molecule has 0 amide bonds. The van der Waals surface area contributed by atoms with Crippen LogP contribution < -0.4 is 0 Å². The highest BCUT2D eigenvalue weighted by Gasteiger charge is 2.69. The molecular weight excluding hydrogens is 428 g/mol. The van der Waals surface area contributed by atoms with Crippen molar-refractivity contribution in [2.24, 2.45) is 50.2 Å². The molecule has 9 atom stereocenters. The fraction of sp³-hybridized carbons (Fsp3) is 0.879. The molecule has 5 aliphatic carbocycles. The van der Waals surface area contributed by atoms with Crippen molar-refractivity contribution >= 4 is 0 Å². The molecule has 196 valence electrons. The Hall–Kier alpha value is -0.600. The predicted molar refractivity (Wildman–Crippen MR) is 144 cm³/mol. The van der Waals surface area contributed by atoms with E-state index < -0.39 is 5.79 Å². The predicted octanol–water partition coefficient (Wildman–Crippen LogP) is 8.72. The molecule has 0 bridgehead atoms. The molecule has 6 aliphatic rings. The lowest BCUT2D eigenvalue weighted by molar-refractivity contribution is -0.351. The molecule has 6 rings (SSSR count). The summed E-state index contributed by atoms with van der Waals surface area (Å²) in [5.41, 5.74) is 3.72. The van der Waals surface area contributed by atoms with Crippen LogP contribution in [0.4, 0.5) is 0 Å². The van der Waals surface area contributed by atoms with Gasteiger partial charge in [0.15, 0.2) is 5.79 Å². The van der Waals surface area contributed by atoms with E-state index in [1.807, 2.05) is 5.57 Å². The summed E-state index contributed by atoms with van der Waals surface area (Å²) in [7, 11) is 0. The molecule has 0 aromatic rings. The van der Waals surface area contributed by atoms with E-state index in [0.29, 0.717) is 45.0 Å². The maximum atomic E-state index is 6.59. The van der Waals surface area contributed by atoms with Gasteiger partial charge in [0, 0.05) is 5.41 Å². The second kappa shape index (κ2) is 7.07. The van der Waals surface area contributed by atoms with Gasteiger partial charge in [-0.25, -0.2) is 0 Å². The molecule has 1 saturated heterocycles. The molecule has 4 fully saturated rings. The Labute approximate surface area is 215 Å². The van der Waals surface area contributed by atoms with Crippen molar-refractivity contribution in [3.8, 4) is 0 Å². The Morgan fingerprint density at radius 2 is 1.51 bits per heavy atom. The molecule has 3 saturated carbocycles. The van der Waals surface area contributed by atoms with Gasteiger partial charge >= 0.3 is 0 Å². The van der Waals surface area contributed by atoms with E-state index in [0.717, 1.165) is 12.5 Å². The van der Waals surface area contributed by atoms with Crippen LogP contribution in [0.25, 0.3) is 0 Å². The SMILES string of the molecule is CC1(C)C=C[C@]2(C)CC[C@]3(C)C(=CC[C@@H]4[C@@]5(C)CCC6OC(C)(C)OC[C@@]6(C)C5CC[C@]43C)[C@H]2C1. The first-order valence-corrected chi connectivity index (χ1v) is 14.8. The van der Waals surface area contributed by atoms with Crippen molar-refractivity contribution < 1.29 is 9.47 Å². The quantitative estimate of drug-likeness (QED) is 0.323. The average molecular weight is 481 g/mol. The van der Waals surface area contributed by atoms with Crippen LogP contribution in [0.5, 0.6) is 0 Å². The van der Waals surface area contributed by atoms with Gasteiger partial charge in [0.1, 0.15) is 0 Å². The van der Waals surface area contributed by atoms with E-state index in [1.54, 1.807) is 0 Å². The van der Waals surface area contributed by atoms with Gasteiger partial charge < -0.3 is 9.47 Å². The zero-order chi connectivity index (χ0) is 25.3. The van der Waals surface area contributed by atoms with Gasteiger partial charge in [0.05, 0.1) is 12.7 Å². The Kier molecular flexibility index (Phi) is 5.00. The normalized spacial score (nSPS) is 56.0. The summed E-state index contributed by atoms with van der Waals surface area (Å²) in [6.07, 6.45) is 18.8. The van der Waals surface area contributed by atoms with Crippen molar-refractivity contribution in [2.45, 2.75) is 126 Å². The fourth-order valence-corrected chi connectivity index (χ4v) is 11.0. The summed E-state index contributed by atoms with van der Waals surface area (Å²) in [6.45, 7) is 23.1.